The van der Waals surface area contributed by atoms with Gasteiger partial charge in [-0.05, 0) is 30.7 Å². The topological polar surface area (TPSA) is 23.6 Å². The number of likely N-dealkylation sites (N-methyl/N-ethyl adjacent to an activating group) is 2. The Kier molecular flexibility index (Phi) is 4.10. The third kappa shape index (κ3) is 2.52. The molecule has 120 valence electrons. The van der Waals surface area contributed by atoms with E-state index in [1.165, 1.54) is 28.7 Å². The van der Waals surface area contributed by atoms with E-state index in [1.807, 2.05) is 13.0 Å². The summed E-state index contributed by atoms with van der Waals surface area (Å²) in [5.41, 5.74) is 3.63. The first-order valence-corrected chi connectivity index (χ1v) is 8.89. The van der Waals surface area contributed by atoms with Crippen LogP contribution in [-0.4, -0.2) is 28.7 Å². The maximum atomic E-state index is 12.3. The highest BCUT2D eigenvalue weighted by molar-refractivity contribution is 8.26. The van der Waals surface area contributed by atoms with Gasteiger partial charge in [0.2, 0.25) is 0 Å². The average Bonchev–Trinajstić information content (AvgIpc) is 2.90. The lowest BCUT2D eigenvalue weighted by Crippen LogP contribution is -2.27. The molecule has 0 radical (unpaired) electrons. The normalized spacial score (nSPS) is 23.3. The molecule has 2 aliphatic rings. The van der Waals surface area contributed by atoms with Gasteiger partial charge in [-0.15, -0.1) is 0 Å². The summed E-state index contributed by atoms with van der Waals surface area (Å²) < 4.78 is 0.643. The van der Waals surface area contributed by atoms with Gasteiger partial charge in [0, 0.05) is 30.4 Å². The zero-order valence-electron chi connectivity index (χ0n) is 13.8. The summed E-state index contributed by atoms with van der Waals surface area (Å²) in [6.45, 7) is 6.99. The van der Waals surface area contributed by atoms with Gasteiger partial charge in [0.05, 0.1) is 4.91 Å². The summed E-state index contributed by atoms with van der Waals surface area (Å²) in [7, 11) is 2.07. The number of thioether (sulfide) groups is 1. The number of hydrogen-bond donors (Lipinski definition) is 0. The van der Waals surface area contributed by atoms with Gasteiger partial charge in [-0.2, -0.15) is 0 Å². The first-order valence-electron chi connectivity index (χ1n) is 7.67. The summed E-state index contributed by atoms with van der Waals surface area (Å²) in [5.74, 6) is 0.00956. The van der Waals surface area contributed by atoms with E-state index in [4.69, 9.17) is 12.2 Å². The molecular weight excluding hydrogens is 324 g/mol. The molecule has 0 atom stereocenters. The Balaban J connectivity index is 1.97. The van der Waals surface area contributed by atoms with Crippen LogP contribution in [0, 0.1) is 0 Å². The molecule has 1 aromatic rings. The molecule has 0 spiro atoms. The van der Waals surface area contributed by atoms with Crippen molar-refractivity contribution >= 4 is 39.9 Å². The molecule has 2 heterocycles. The third-order valence-electron chi connectivity index (χ3n) is 4.52. The van der Waals surface area contributed by atoms with E-state index in [2.05, 4.69) is 56.1 Å². The molecule has 0 saturated carbocycles. The fourth-order valence-electron chi connectivity index (χ4n) is 3.24. The molecule has 2 aliphatic heterocycles. The molecule has 3 rings (SSSR count). The van der Waals surface area contributed by atoms with Crippen LogP contribution in [0.2, 0.25) is 0 Å². The summed E-state index contributed by atoms with van der Waals surface area (Å²) in [5, 5.41) is 0. The second kappa shape index (κ2) is 5.80. The van der Waals surface area contributed by atoms with Gasteiger partial charge in [0.15, 0.2) is 0 Å². The quantitative estimate of drug-likeness (QED) is 0.596. The Morgan fingerprint density at radius 3 is 2.57 bits per heavy atom. The molecule has 1 fully saturated rings. The number of carbonyl (C=O) groups is 1. The van der Waals surface area contributed by atoms with Crippen LogP contribution in [0.25, 0.3) is 0 Å². The highest BCUT2D eigenvalue weighted by Gasteiger charge is 2.38. The van der Waals surface area contributed by atoms with E-state index < -0.39 is 0 Å². The zero-order valence-corrected chi connectivity index (χ0v) is 15.4. The van der Waals surface area contributed by atoms with Crippen molar-refractivity contribution in [2.75, 3.05) is 18.5 Å². The van der Waals surface area contributed by atoms with Crippen molar-refractivity contribution < 1.29 is 4.79 Å². The number of allylic oxidation sites excluding steroid dienone is 3. The third-order valence-corrected chi connectivity index (χ3v) is 5.92. The van der Waals surface area contributed by atoms with Gasteiger partial charge in [-0.1, -0.05) is 56.0 Å². The molecule has 1 amide bonds. The molecule has 0 unspecified atom stereocenters. The molecule has 0 aromatic heterocycles. The van der Waals surface area contributed by atoms with Crippen molar-refractivity contribution in [2.24, 2.45) is 0 Å². The van der Waals surface area contributed by atoms with Gasteiger partial charge in [-0.25, -0.2) is 0 Å². The van der Waals surface area contributed by atoms with Crippen LogP contribution in [0.3, 0.4) is 0 Å². The maximum absolute atomic E-state index is 12.3. The Morgan fingerprint density at radius 1 is 1.26 bits per heavy atom. The summed E-state index contributed by atoms with van der Waals surface area (Å²) >= 11 is 6.64. The minimum atomic E-state index is -0.0837. The van der Waals surface area contributed by atoms with Crippen molar-refractivity contribution in [3.05, 3.63) is 52.6 Å². The Hall–Kier alpha value is -1.59. The number of rotatable bonds is 2. The molecule has 0 bridgehead atoms. The lowest BCUT2D eigenvalue weighted by atomic mass is 9.84. The van der Waals surface area contributed by atoms with E-state index in [0.717, 1.165) is 0 Å². The van der Waals surface area contributed by atoms with Crippen molar-refractivity contribution in [2.45, 2.75) is 26.2 Å². The second-order valence-corrected chi connectivity index (χ2v) is 7.88. The van der Waals surface area contributed by atoms with Crippen LogP contribution in [0.1, 0.15) is 26.3 Å². The Labute approximate surface area is 147 Å². The number of benzene rings is 1. The summed E-state index contributed by atoms with van der Waals surface area (Å²) in [6, 6.07) is 8.43. The van der Waals surface area contributed by atoms with Gasteiger partial charge in [0.1, 0.15) is 4.32 Å². The van der Waals surface area contributed by atoms with Crippen molar-refractivity contribution in [1.29, 1.82) is 0 Å². The predicted molar refractivity (Wildman–Crippen MR) is 102 cm³/mol. The minimum absolute atomic E-state index is 0.00956. The van der Waals surface area contributed by atoms with Crippen molar-refractivity contribution in [3.63, 3.8) is 0 Å². The van der Waals surface area contributed by atoms with E-state index in [-0.39, 0.29) is 11.3 Å². The van der Waals surface area contributed by atoms with Crippen LogP contribution >= 0.6 is 24.0 Å². The monoisotopic (exact) mass is 344 g/mol. The largest absolute Gasteiger partial charge is 0.347 e. The van der Waals surface area contributed by atoms with E-state index >= 15 is 0 Å². The Morgan fingerprint density at radius 2 is 1.96 bits per heavy atom. The molecule has 3 nitrogen and oxygen atoms in total. The summed E-state index contributed by atoms with van der Waals surface area (Å²) in [6.07, 6.45) is 3.97. The smallest absolute Gasteiger partial charge is 0.266 e. The van der Waals surface area contributed by atoms with Crippen LogP contribution in [0.5, 0.6) is 0 Å². The van der Waals surface area contributed by atoms with E-state index in [9.17, 15) is 4.79 Å². The van der Waals surface area contributed by atoms with Crippen molar-refractivity contribution in [1.82, 2.24) is 4.90 Å². The number of anilines is 1. The molecule has 0 aliphatic carbocycles. The number of thiocarbonyl (C=S) groups is 1. The van der Waals surface area contributed by atoms with Gasteiger partial charge >= 0.3 is 0 Å². The van der Waals surface area contributed by atoms with Crippen LogP contribution < -0.4 is 4.90 Å². The maximum Gasteiger partial charge on any atom is 0.266 e. The highest BCUT2D eigenvalue weighted by atomic mass is 32.2. The fraction of sp³-hybridized carbons (Fsp3) is 0.333. The van der Waals surface area contributed by atoms with Crippen molar-refractivity contribution in [3.8, 4) is 0 Å². The predicted octanol–water partition coefficient (Wildman–Crippen LogP) is 4.06. The van der Waals surface area contributed by atoms with Gasteiger partial charge in [-0.3, -0.25) is 9.69 Å². The van der Waals surface area contributed by atoms with E-state index in [0.29, 0.717) is 15.8 Å². The zero-order chi connectivity index (χ0) is 16.8. The molecular formula is C18H20N2OS2. The van der Waals surface area contributed by atoms with Crippen LogP contribution in [0.15, 0.2) is 47.0 Å². The number of para-hydroxylation sites is 1. The Bertz CT molecular complexity index is 749. The van der Waals surface area contributed by atoms with E-state index in [1.54, 1.807) is 4.90 Å². The number of fused-ring (bicyclic) bond motifs is 1. The first-order chi connectivity index (χ1) is 10.9. The molecule has 1 saturated heterocycles. The van der Waals surface area contributed by atoms with Gasteiger partial charge < -0.3 is 4.90 Å². The number of hydrogen-bond acceptors (Lipinski definition) is 4. The SMILES string of the molecule is CCN1C(=O)/C(=C/C=C2\N(C)c3ccccc3C2(C)C)SC1=S. The van der Waals surface area contributed by atoms with Crippen LogP contribution in [0.4, 0.5) is 5.69 Å². The van der Waals surface area contributed by atoms with Gasteiger partial charge in [0.25, 0.3) is 5.91 Å². The number of carbonyl (C=O) groups excluding carboxylic acids is 1. The standard InChI is InChI=1S/C18H20N2OS2/c1-5-20-16(21)14(23-17(20)22)10-11-15-18(2,3)12-8-6-7-9-13(12)19(15)4/h6-11H,5H2,1-4H3/b14-10-,15-11-. The summed E-state index contributed by atoms with van der Waals surface area (Å²) in [4.78, 5) is 16.9. The molecule has 5 heteroatoms. The lowest BCUT2D eigenvalue weighted by Gasteiger charge is -2.23. The second-order valence-electron chi connectivity index (χ2n) is 6.20. The minimum Gasteiger partial charge on any atom is -0.347 e. The number of nitrogens with zero attached hydrogens (tertiary/aromatic N) is 2. The first kappa shape index (κ1) is 16.3. The lowest BCUT2D eigenvalue weighted by molar-refractivity contribution is -0.122. The molecule has 1 aromatic carbocycles. The highest BCUT2D eigenvalue weighted by Crippen LogP contribution is 2.46. The number of amides is 1. The molecule has 0 N–H and O–H groups in total. The van der Waals surface area contributed by atoms with Crippen LogP contribution in [-0.2, 0) is 10.2 Å². The molecule has 23 heavy (non-hydrogen) atoms. The fourth-order valence-corrected chi connectivity index (χ4v) is 4.57. The average molecular weight is 345 g/mol.